The van der Waals surface area contributed by atoms with Crippen LogP contribution < -0.4 is 0 Å². The summed E-state index contributed by atoms with van der Waals surface area (Å²) in [4.78, 5) is 0. The third kappa shape index (κ3) is 1.50. The second-order valence-electron chi connectivity index (χ2n) is 4.12. The van der Waals surface area contributed by atoms with Crippen molar-refractivity contribution >= 4 is 0 Å². The van der Waals surface area contributed by atoms with Crippen molar-refractivity contribution in [3.63, 3.8) is 0 Å². The van der Waals surface area contributed by atoms with Crippen LogP contribution in [0.25, 0.3) is 0 Å². The van der Waals surface area contributed by atoms with E-state index in [9.17, 15) is 0 Å². The fourth-order valence-electron chi connectivity index (χ4n) is 2.50. The molecule has 2 fully saturated rings. The molecule has 2 saturated carbocycles. The molecule has 0 aromatic heterocycles. The lowest BCUT2D eigenvalue weighted by molar-refractivity contribution is -0.0687. The van der Waals surface area contributed by atoms with Gasteiger partial charge in [0.05, 0.1) is 18.8 Å². The van der Waals surface area contributed by atoms with Crippen LogP contribution in [0.15, 0.2) is 0 Å². The van der Waals surface area contributed by atoms with Gasteiger partial charge in [-0.25, -0.2) is 0 Å². The van der Waals surface area contributed by atoms with Gasteiger partial charge in [0.1, 0.15) is 0 Å². The zero-order chi connectivity index (χ0) is 8.44. The first kappa shape index (κ1) is 8.52. The van der Waals surface area contributed by atoms with E-state index in [1.165, 1.54) is 38.5 Å². The van der Waals surface area contributed by atoms with Crippen LogP contribution in [0.5, 0.6) is 0 Å². The molecule has 0 aromatic carbocycles. The summed E-state index contributed by atoms with van der Waals surface area (Å²) in [6.45, 7) is 0.713. The van der Waals surface area contributed by atoms with Crippen LogP contribution in [0.1, 0.15) is 38.5 Å². The molecule has 0 atom stereocenters. The fourth-order valence-corrected chi connectivity index (χ4v) is 2.50. The Labute approximate surface area is 73.9 Å². The predicted molar refractivity (Wildman–Crippen MR) is 47.0 cm³/mol. The molecule has 0 bridgehead atoms. The number of hydrogen-bond donors (Lipinski definition) is 1. The summed E-state index contributed by atoms with van der Waals surface area (Å²) in [6.07, 6.45) is 7.82. The van der Waals surface area contributed by atoms with Crippen LogP contribution in [0.2, 0.25) is 0 Å². The van der Waals surface area contributed by atoms with Gasteiger partial charge in [0.2, 0.25) is 0 Å². The second-order valence-corrected chi connectivity index (χ2v) is 4.12. The lowest BCUT2D eigenvalue weighted by Crippen LogP contribution is -2.32. The van der Waals surface area contributed by atoms with Crippen LogP contribution in [0, 0.1) is 5.92 Å². The number of hydrogen-bond acceptors (Lipinski definition) is 2. The summed E-state index contributed by atoms with van der Waals surface area (Å²) in [7, 11) is 0. The molecular formula is C10H18O2. The van der Waals surface area contributed by atoms with E-state index in [0.717, 1.165) is 5.92 Å². The minimum absolute atomic E-state index is 0.175. The van der Waals surface area contributed by atoms with Crippen LogP contribution in [0.4, 0.5) is 0 Å². The quantitative estimate of drug-likeness (QED) is 0.696. The van der Waals surface area contributed by atoms with Crippen LogP contribution in [-0.2, 0) is 4.74 Å². The standard InChI is InChI=1S/C10H18O2/c11-7-8-12-10(9-3-4-9)5-1-2-6-10/h9,11H,1-8H2. The van der Waals surface area contributed by atoms with Gasteiger partial charge in [-0.05, 0) is 31.6 Å². The molecule has 0 amide bonds. The van der Waals surface area contributed by atoms with Gasteiger partial charge in [0.15, 0.2) is 0 Å². The van der Waals surface area contributed by atoms with E-state index in [-0.39, 0.29) is 12.2 Å². The maximum Gasteiger partial charge on any atom is 0.0711 e. The van der Waals surface area contributed by atoms with Gasteiger partial charge < -0.3 is 9.84 Å². The van der Waals surface area contributed by atoms with Gasteiger partial charge in [0.25, 0.3) is 0 Å². The van der Waals surface area contributed by atoms with E-state index in [2.05, 4.69) is 0 Å². The highest BCUT2D eigenvalue weighted by molar-refractivity contribution is 4.99. The smallest absolute Gasteiger partial charge is 0.0711 e. The molecule has 0 saturated heterocycles. The highest BCUT2D eigenvalue weighted by atomic mass is 16.5. The van der Waals surface area contributed by atoms with Crippen LogP contribution in [0.3, 0.4) is 0 Å². The maximum absolute atomic E-state index is 8.72. The van der Waals surface area contributed by atoms with E-state index in [4.69, 9.17) is 9.84 Å². The second kappa shape index (κ2) is 3.35. The lowest BCUT2D eigenvalue weighted by Gasteiger charge is -2.29. The molecule has 2 aliphatic rings. The topological polar surface area (TPSA) is 29.5 Å². The molecule has 2 nitrogen and oxygen atoms in total. The van der Waals surface area contributed by atoms with Crippen molar-refractivity contribution < 1.29 is 9.84 Å². The van der Waals surface area contributed by atoms with Gasteiger partial charge in [-0.15, -0.1) is 0 Å². The molecule has 0 aliphatic heterocycles. The average molecular weight is 170 g/mol. The van der Waals surface area contributed by atoms with Crippen LogP contribution >= 0.6 is 0 Å². The summed E-state index contributed by atoms with van der Waals surface area (Å²) in [5.74, 6) is 0.826. The number of aliphatic hydroxyl groups excluding tert-OH is 1. The van der Waals surface area contributed by atoms with Crippen molar-refractivity contribution in [2.45, 2.75) is 44.1 Å². The monoisotopic (exact) mass is 170 g/mol. The minimum atomic E-state index is 0.175. The van der Waals surface area contributed by atoms with E-state index in [1.54, 1.807) is 0 Å². The summed E-state index contributed by atoms with van der Waals surface area (Å²) >= 11 is 0. The predicted octanol–water partition coefficient (Wildman–Crippen LogP) is 1.72. The van der Waals surface area contributed by atoms with Gasteiger partial charge in [-0.2, -0.15) is 0 Å². The molecule has 0 heterocycles. The maximum atomic E-state index is 8.72. The zero-order valence-electron chi connectivity index (χ0n) is 7.59. The van der Waals surface area contributed by atoms with Crippen molar-refractivity contribution in [3.8, 4) is 0 Å². The van der Waals surface area contributed by atoms with Gasteiger partial charge in [-0.1, -0.05) is 12.8 Å². The van der Waals surface area contributed by atoms with E-state index in [1.807, 2.05) is 0 Å². The third-order valence-electron chi connectivity index (χ3n) is 3.25. The summed E-state index contributed by atoms with van der Waals surface area (Å²) in [5, 5.41) is 8.72. The number of rotatable bonds is 4. The Hall–Kier alpha value is -0.0800. The lowest BCUT2D eigenvalue weighted by atomic mass is 9.96. The van der Waals surface area contributed by atoms with E-state index in [0.29, 0.717) is 6.61 Å². The summed E-state index contributed by atoms with van der Waals surface area (Å²) in [5.41, 5.74) is 0.197. The highest BCUT2D eigenvalue weighted by Gasteiger charge is 2.47. The molecule has 1 N–H and O–H groups in total. The van der Waals surface area contributed by atoms with E-state index < -0.39 is 0 Å². The molecule has 0 unspecified atom stereocenters. The first-order valence-corrected chi connectivity index (χ1v) is 5.12. The van der Waals surface area contributed by atoms with E-state index >= 15 is 0 Å². The molecule has 2 aliphatic carbocycles. The largest absolute Gasteiger partial charge is 0.394 e. The highest BCUT2D eigenvalue weighted by Crippen LogP contribution is 2.50. The summed E-state index contributed by atoms with van der Waals surface area (Å²) in [6, 6.07) is 0. The average Bonchev–Trinajstić information content (AvgIpc) is 2.84. The Bertz CT molecular complexity index is 146. The third-order valence-corrected chi connectivity index (χ3v) is 3.25. The minimum Gasteiger partial charge on any atom is -0.394 e. The Morgan fingerprint density at radius 2 is 1.92 bits per heavy atom. The molecule has 70 valence electrons. The molecule has 2 heteroatoms. The fraction of sp³-hybridized carbons (Fsp3) is 1.00. The Kier molecular flexibility index (Phi) is 2.37. The Morgan fingerprint density at radius 3 is 2.42 bits per heavy atom. The van der Waals surface area contributed by atoms with Crippen LogP contribution in [-0.4, -0.2) is 23.9 Å². The molecule has 0 aromatic rings. The van der Waals surface area contributed by atoms with Gasteiger partial charge >= 0.3 is 0 Å². The SMILES string of the molecule is OCCOC1(C2CC2)CCCC1. The van der Waals surface area contributed by atoms with Crippen molar-refractivity contribution in [1.82, 2.24) is 0 Å². The number of ether oxygens (including phenoxy) is 1. The Balaban J connectivity index is 1.91. The van der Waals surface area contributed by atoms with Gasteiger partial charge in [0, 0.05) is 0 Å². The van der Waals surface area contributed by atoms with Crippen molar-refractivity contribution in [2.75, 3.05) is 13.2 Å². The first-order valence-electron chi connectivity index (χ1n) is 5.12. The normalized spacial score (nSPS) is 27.8. The molecule has 0 radical (unpaired) electrons. The summed E-state index contributed by atoms with van der Waals surface area (Å²) < 4.78 is 5.81. The number of aliphatic hydroxyl groups is 1. The first-order chi connectivity index (χ1) is 5.87. The molecule has 12 heavy (non-hydrogen) atoms. The van der Waals surface area contributed by atoms with Gasteiger partial charge in [-0.3, -0.25) is 0 Å². The van der Waals surface area contributed by atoms with Crippen molar-refractivity contribution in [2.24, 2.45) is 5.92 Å². The van der Waals surface area contributed by atoms with Crippen molar-refractivity contribution in [3.05, 3.63) is 0 Å². The molecular weight excluding hydrogens is 152 g/mol. The van der Waals surface area contributed by atoms with Crippen molar-refractivity contribution in [1.29, 1.82) is 0 Å². The Morgan fingerprint density at radius 1 is 1.25 bits per heavy atom. The molecule has 0 spiro atoms. The molecule has 2 rings (SSSR count). The zero-order valence-corrected chi connectivity index (χ0v) is 7.59.